The van der Waals surface area contributed by atoms with E-state index in [-0.39, 0.29) is 36.3 Å². The zero-order valence-electron chi connectivity index (χ0n) is 18.4. The average Bonchev–Trinajstić information content (AvgIpc) is 3.46. The maximum atomic E-state index is 14.5. The Kier molecular flexibility index (Phi) is 6.62. The van der Waals surface area contributed by atoms with E-state index >= 15 is 0 Å². The van der Waals surface area contributed by atoms with Crippen LogP contribution in [0.15, 0.2) is 53.4 Å². The highest BCUT2D eigenvalue weighted by Gasteiger charge is 2.22. The summed E-state index contributed by atoms with van der Waals surface area (Å²) in [6.07, 6.45) is 2.19. The molecule has 1 aromatic carbocycles. The summed E-state index contributed by atoms with van der Waals surface area (Å²) in [5, 5.41) is 20.5. The van der Waals surface area contributed by atoms with Crippen LogP contribution in [0.1, 0.15) is 25.8 Å². The Balaban J connectivity index is 1.71. The summed E-state index contributed by atoms with van der Waals surface area (Å²) in [6, 6.07) is 9.07. The van der Waals surface area contributed by atoms with E-state index in [0.29, 0.717) is 22.6 Å². The van der Waals surface area contributed by atoms with Crippen molar-refractivity contribution in [2.45, 2.75) is 32.9 Å². The predicted molar refractivity (Wildman–Crippen MR) is 119 cm³/mol. The third-order valence-electron chi connectivity index (χ3n) is 5.25. The van der Waals surface area contributed by atoms with Gasteiger partial charge in [0.1, 0.15) is 23.5 Å². The molecule has 1 atom stereocenters. The topological polar surface area (TPSA) is 119 Å². The number of aromatic nitrogens is 5. The van der Waals surface area contributed by atoms with Crippen molar-refractivity contribution in [1.82, 2.24) is 24.9 Å². The summed E-state index contributed by atoms with van der Waals surface area (Å²) < 4.78 is 35.2. The highest BCUT2D eigenvalue weighted by molar-refractivity contribution is 5.68. The van der Waals surface area contributed by atoms with E-state index in [9.17, 15) is 13.6 Å². The molecular weight excluding hydrogens is 446 g/mol. The van der Waals surface area contributed by atoms with Gasteiger partial charge in [-0.15, -0.1) is 0 Å². The number of carbonyl (C=O) groups is 1. The molecule has 2 N–H and O–H groups in total. The number of halogens is 2. The van der Waals surface area contributed by atoms with Gasteiger partial charge in [-0.1, -0.05) is 37.2 Å². The van der Waals surface area contributed by atoms with E-state index in [2.05, 4.69) is 25.5 Å². The molecule has 3 aromatic heterocycles. The van der Waals surface area contributed by atoms with E-state index in [4.69, 9.17) is 9.63 Å². The van der Waals surface area contributed by atoms with Crippen LogP contribution >= 0.6 is 0 Å². The van der Waals surface area contributed by atoms with Gasteiger partial charge in [-0.2, -0.15) is 5.10 Å². The lowest BCUT2D eigenvalue weighted by Gasteiger charge is -2.21. The van der Waals surface area contributed by atoms with Gasteiger partial charge in [0.05, 0.1) is 24.9 Å². The Hall–Kier alpha value is -4.15. The van der Waals surface area contributed by atoms with Crippen LogP contribution in [0.5, 0.6) is 0 Å². The second kappa shape index (κ2) is 9.77. The van der Waals surface area contributed by atoms with Crippen LogP contribution in [0.25, 0.3) is 22.9 Å². The minimum absolute atomic E-state index is 0.0901. The van der Waals surface area contributed by atoms with Crippen molar-refractivity contribution in [3.05, 3.63) is 66.1 Å². The summed E-state index contributed by atoms with van der Waals surface area (Å²) in [5.41, 5.74) is 1.71. The van der Waals surface area contributed by atoms with Crippen LogP contribution < -0.4 is 5.32 Å². The van der Waals surface area contributed by atoms with E-state index in [1.165, 1.54) is 17.0 Å². The quantitative estimate of drug-likeness (QED) is 0.375. The standard InChI is InChI=1S/C23H22F2N6O3/c1-13(2)18(10-21(32)33)27-22-16(25)11-26-23(28-22)19-9-20(17-7-8-34-30-17)31(29-19)12-14-5-3-4-6-15(14)24/h3-9,11,13,18H,10,12H2,1-2H3,(H,32,33)(H,26,27,28)/t18-/m1/s1. The van der Waals surface area contributed by atoms with Crippen molar-refractivity contribution >= 4 is 11.8 Å². The summed E-state index contributed by atoms with van der Waals surface area (Å²) in [5.74, 6) is -2.22. The van der Waals surface area contributed by atoms with Gasteiger partial charge >= 0.3 is 5.97 Å². The largest absolute Gasteiger partial charge is 0.481 e. The van der Waals surface area contributed by atoms with Gasteiger partial charge in [-0.3, -0.25) is 9.48 Å². The second-order valence-corrected chi connectivity index (χ2v) is 8.03. The molecule has 9 nitrogen and oxygen atoms in total. The third-order valence-corrected chi connectivity index (χ3v) is 5.25. The van der Waals surface area contributed by atoms with Gasteiger partial charge in [0, 0.05) is 17.7 Å². The zero-order valence-corrected chi connectivity index (χ0v) is 18.4. The molecule has 11 heteroatoms. The summed E-state index contributed by atoms with van der Waals surface area (Å²) in [7, 11) is 0. The van der Waals surface area contributed by atoms with Crippen molar-refractivity contribution in [2.75, 3.05) is 5.32 Å². The van der Waals surface area contributed by atoms with Gasteiger partial charge in [0.15, 0.2) is 17.5 Å². The molecule has 0 aliphatic carbocycles. The first-order valence-electron chi connectivity index (χ1n) is 10.5. The fraction of sp³-hybridized carbons (Fsp3) is 0.261. The highest BCUT2D eigenvalue weighted by Crippen LogP contribution is 2.26. The molecule has 0 fully saturated rings. The van der Waals surface area contributed by atoms with Crippen molar-refractivity contribution in [2.24, 2.45) is 5.92 Å². The molecule has 4 aromatic rings. The molecule has 4 rings (SSSR count). The Morgan fingerprint density at radius 1 is 1.18 bits per heavy atom. The molecule has 0 spiro atoms. The molecule has 3 heterocycles. The van der Waals surface area contributed by atoms with Gasteiger partial charge in [0.2, 0.25) is 0 Å². The monoisotopic (exact) mass is 468 g/mol. The van der Waals surface area contributed by atoms with Gasteiger partial charge in [-0.25, -0.2) is 18.7 Å². The molecule has 0 unspecified atom stereocenters. The van der Waals surface area contributed by atoms with Crippen LogP contribution in [0.2, 0.25) is 0 Å². The lowest BCUT2D eigenvalue weighted by Crippen LogP contribution is -2.29. The first-order valence-corrected chi connectivity index (χ1v) is 10.5. The summed E-state index contributed by atoms with van der Waals surface area (Å²) in [6.45, 7) is 3.76. The number of anilines is 1. The Bertz CT molecular complexity index is 1290. The Labute approximate surface area is 193 Å². The molecule has 176 valence electrons. The molecule has 0 aliphatic heterocycles. The molecule has 0 radical (unpaired) electrons. The minimum Gasteiger partial charge on any atom is -0.481 e. The van der Waals surface area contributed by atoms with Crippen LogP contribution in [0.3, 0.4) is 0 Å². The molecular formula is C23H22F2N6O3. The van der Waals surface area contributed by atoms with Crippen molar-refractivity contribution in [1.29, 1.82) is 0 Å². The minimum atomic E-state index is -1.01. The first-order chi connectivity index (χ1) is 16.3. The van der Waals surface area contributed by atoms with E-state index in [1.807, 2.05) is 13.8 Å². The third kappa shape index (κ3) is 5.08. The number of benzene rings is 1. The Morgan fingerprint density at radius 3 is 2.65 bits per heavy atom. The number of carboxylic acids is 1. The molecule has 0 amide bonds. The van der Waals surface area contributed by atoms with Crippen LogP contribution in [-0.2, 0) is 11.3 Å². The lowest BCUT2D eigenvalue weighted by molar-refractivity contribution is -0.137. The number of carboxylic acid groups (broad SMARTS) is 1. The van der Waals surface area contributed by atoms with Crippen molar-refractivity contribution in [3.63, 3.8) is 0 Å². The van der Waals surface area contributed by atoms with Crippen molar-refractivity contribution < 1.29 is 23.2 Å². The number of rotatable bonds is 9. The molecule has 0 saturated carbocycles. The van der Waals surface area contributed by atoms with Gasteiger partial charge in [-0.05, 0) is 18.1 Å². The zero-order chi connectivity index (χ0) is 24.2. The first kappa shape index (κ1) is 23.0. The van der Waals surface area contributed by atoms with Crippen LogP contribution in [0, 0.1) is 17.6 Å². The second-order valence-electron chi connectivity index (χ2n) is 8.03. The maximum Gasteiger partial charge on any atom is 0.305 e. The lowest BCUT2D eigenvalue weighted by atomic mass is 10.0. The fourth-order valence-electron chi connectivity index (χ4n) is 3.39. The summed E-state index contributed by atoms with van der Waals surface area (Å²) >= 11 is 0. The molecule has 0 aliphatic rings. The number of hydrogen-bond donors (Lipinski definition) is 2. The number of nitrogens with zero attached hydrogens (tertiary/aromatic N) is 5. The van der Waals surface area contributed by atoms with Gasteiger partial charge in [0.25, 0.3) is 0 Å². The smallest absolute Gasteiger partial charge is 0.305 e. The van der Waals surface area contributed by atoms with Gasteiger partial charge < -0.3 is 14.9 Å². The highest BCUT2D eigenvalue weighted by atomic mass is 19.1. The van der Waals surface area contributed by atoms with E-state index in [1.54, 1.807) is 30.3 Å². The van der Waals surface area contributed by atoms with Crippen LogP contribution in [-0.4, -0.2) is 42.0 Å². The number of hydrogen-bond acceptors (Lipinski definition) is 7. The van der Waals surface area contributed by atoms with Crippen LogP contribution in [0.4, 0.5) is 14.6 Å². The molecule has 0 bridgehead atoms. The number of aliphatic carboxylic acids is 1. The maximum absolute atomic E-state index is 14.5. The fourth-order valence-corrected chi connectivity index (χ4v) is 3.39. The average molecular weight is 468 g/mol. The SMILES string of the molecule is CC(C)[C@@H](CC(=O)O)Nc1nc(-c2cc(-c3ccon3)n(Cc3ccccc3F)n2)ncc1F. The summed E-state index contributed by atoms with van der Waals surface area (Å²) in [4.78, 5) is 19.5. The number of nitrogens with one attached hydrogen (secondary N) is 1. The molecule has 34 heavy (non-hydrogen) atoms. The normalized spacial score (nSPS) is 12.1. The predicted octanol–water partition coefficient (Wildman–Crippen LogP) is 4.23. The van der Waals surface area contributed by atoms with E-state index in [0.717, 1.165) is 6.20 Å². The Morgan fingerprint density at radius 2 is 1.97 bits per heavy atom. The van der Waals surface area contributed by atoms with E-state index < -0.39 is 17.8 Å². The molecule has 0 saturated heterocycles. The van der Waals surface area contributed by atoms with Crippen molar-refractivity contribution in [3.8, 4) is 22.9 Å².